The van der Waals surface area contributed by atoms with Crippen LogP contribution in [-0.4, -0.2) is 15.5 Å². The maximum absolute atomic E-state index is 13.0. The summed E-state index contributed by atoms with van der Waals surface area (Å²) in [6.45, 7) is 1.55. The first kappa shape index (κ1) is 19.4. The van der Waals surface area contributed by atoms with Crippen molar-refractivity contribution in [3.8, 4) is 0 Å². The van der Waals surface area contributed by atoms with Crippen molar-refractivity contribution in [2.24, 2.45) is 0 Å². The summed E-state index contributed by atoms with van der Waals surface area (Å²) in [7, 11) is -2.56. The van der Waals surface area contributed by atoms with Crippen molar-refractivity contribution in [3.63, 3.8) is 0 Å². The third kappa shape index (κ3) is 4.81. The van der Waals surface area contributed by atoms with Crippen molar-refractivity contribution in [2.45, 2.75) is 31.1 Å². The molecule has 0 atom stereocenters. The second-order valence-electron chi connectivity index (χ2n) is 5.50. The highest BCUT2D eigenvalue weighted by molar-refractivity contribution is 7.89. The third-order valence-electron chi connectivity index (χ3n) is 3.70. The Labute approximate surface area is 144 Å². The van der Waals surface area contributed by atoms with Gasteiger partial charge < -0.3 is 4.74 Å². The highest BCUT2D eigenvalue weighted by Gasteiger charge is 2.33. The highest BCUT2D eigenvalue weighted by atomic mass is 32.2. The molecular weight excluding hydrogens is 355 g/mol. The third-order valence-corrected chi connectivity index (χ3v) is 5.09. The highest BCUT2D eigenvalue weighted by Crippen LogP contribution is 2.33. The first-order valence-corrected chi connectivity index (χ1v) is 8.86. The summed E-state index contributed by atoms with van der Waals surface area (Å²) in [6, 6.07) is 10.0. The summed E-state index contributed by atoms with van der Waals surface area (Å²) >= 11 is 0. The van der Waals surface area contributed by atoms with Crippen LogP contribution < -0.4 is 4.72 Å². The number of sulfonamides is 1. The minimum atomic E-state index is -4.61. The van der Waals surface area contributed by atoms with Gasteiger partial charge in [-0.3, -0.25) is 0 Å². The summed E-state index contributed by atoms with van der Waals surface area (Å²) in [5, 5.41) is 0. The molecule has 0 fully saturated rings. The van der Waals surface area contributed by atoms with E-state index in [0.29, 0.717) is 18.2 Å². The molecule has 2 rings (SSSR count). The Balaban J connectivity index is 2.26. The van der Waals surface area contributed by atoms with Gasteiger partial charge in [0, 0.05) is 13.7 Å². The van der Waals surface area contributed by atoms with Gasteiger partial charge >= 0.3 is 6.18 Å². The van der Waals surface area contributed by atoms with E-state index in [9.17, 15) is 21.6 Å². The Hall–Kier alpha value is -1.90. The van der Waals surface area contributed by atoms with E-state index in [1.807, 2.05) is 0 Å². The van der Waals surface area contributed by atoms with Crippen LogP contribution in [0.1, 0.15) is 22.3 Å². The van der Waals surface area contributed by atoms with E-state index in [1.54, 1.807) is 24.3 Å². The van der Waals surface area contributed by atoms with Gasteiger partial charge in [0.1, 0.15) is 0 Å². The van der Waals surface area contributed by atoms with Gasteiger partial charge in [-0.1, -0.05) is 30.3 Å². The molecule has 0 amide bonds. The number of ether oxygens (including phenoxy) is 1. The van der Waals surface area contributed by atoms with Crippen molar-refractivity contribution >= 4 is 10.0 Å². The zero-order valence-electron chi connectivity index (χ0n) is 13.7. The predicted octanol–water partition coefficient (Wildman–Crippen LogP) is 3.64. The molecule has 0 aliphatic heterocycles. The first-order chi connectivity index (χ1) is 11.6. The summed E-state index contributed by atoms with van der Waals surface area (Å²) in [6.07, 6.45) is -4.61. The van der Waals surface area contributed by atoms with Gasteiger partial charge in [-0.25, -0.2) is 13.1 Å². The van der Waals surface area contributed by atoms with Gasteiger partial charge in [-0.2, -0.15) is 13.2 Å². The second kappa shape index (κ2) is 7.55. The molecule has 4 nitrogen and oxygen atoms in total. The fourth-order valence-corrected chi connectivity index (χ4v) is 3.39. The van der Waals surface area contributed by atoms with Crippen molar-refractivity contribution in [2.75, 3.05) is 7.11 Å². The lowest BCUT2D eigenvalue weighted by Gasteiger charge is -2.14. The molecule has 2 aromatic rings. The fraction of sp³-hybridized carbons (Fsp3) is 0.294. The molecule has 0 bridgehead atoms. The molecule has 0 aliphatic carbocycles. The Bertz CT molecular complexity index is 848. The minimum absolute atomic E-state index is 0.0307. The molecule has 2 aromatic carbocycles. The second-order valence-corrected chi connectivity index (χ2v) is 7.27. The number of rotatable bonds is 6. The van der Waals surface area contributed by atoms with E-state index in [2.05, 4.69) is 4.72 Å². The van der Waals surface area contributed by atoms with Crippen LogP contribution in [0.3, 0.4) is 0 Å². The lowest BCUT2D eigenvalue weighted by molar-refractivity contribution is -0.138. The van der Waals surface area contributed by atoms with Crippen LogP contribution in [0.2, 0.25) is 0 Å². The molecule has 0 unspecified atom stereocenters. The number of aryl methyl sites for hydroxylation is 1. The average molecular weight is 373 g/mol. The molecule has 0 spiro atoms. The smallest absolute Gasteiger partial charge is 0.380 e. The van der Waals surface area contributed by atoms with Crippen LogP contribution in [-0.2, 0) is 34.1 Å². The molecular formula is C17H18F3NO3S. The van der Waals surface area contributed by atoms with Crippen molar-refractivity contribution in [1.82, 2.24) is 4.72 Å². The van der Waals surface area contributed by atoms with E-state index in [4.69, 9.17) is 4.74 Å². The SMILES string of the molecule is COCc1ccccc1CNS(=O)(=O)c1ccc(C)c(C(F)(F)F)c1. The molecule has 0 aromatic heterocycles. The number of hydrogen-bond acceptors (Lipinski definition) is 3. The van der Waals surface area contributed by atoms with E-state index in [1.165, 1.54) is 14.0 Å². The number of benzene rings is 2. The van der Waals surface area contributed by atoms with Crippen LogP contribution in [0.5, 0.6) is 0 Å². The Kier molecular flexibility index (Phi) is 5.87. The van der Waals surface area contributed by atoms with Crippen molar-refractivity contribution < 1.29 is 26.3 Å². The van der Waals surface area contributed by atoms with Gasteiger partial charge in [-0.15, -0.1) is 0 Å². The van der Waals surface area contributed by atoms with E-state index < -0.39 is 26.7 Å². The lowest BCUT2D eigenvalue weighted by Crippen LogP contribution is -2.24. The van der Waals surface area contributed by atoms with Crippen LogP contribution in [0.25, 0.3) is 0 Å². The molecule has 0 heterocycles. The summed E-state index contributed by atoms with van der Waals surface area (Å²) in [5.74, 6) is 0. The molecule has 8 heteroatoms. The van der Waals surface area contributed by atoms with E-state index in [-0.39, 0.29) is 12.1 Å². The molecule has 0 radical (unpaired) electrons. The number of methoxy groups -OCH3 is 1. The largest absolute Gasteiger partial charge is 0.416 e. The van der Waals surface area contributed by atoms with Crippen molar-refractivity contribution in [1.29, 1.82) is 0 Å². The Morgan fingerprint density at radius 2 is 1.72 bits per heavy atom. The quantitative estimate of drug-likeness (QED) is 0.841. The first-order valence-electron chi connectivity index (χ1n) is 7.38. The standard InChI is InChI=1S/C17H18F3NO3S/c1-12-7-8-15(9-16(12)17(18,19)20)25(22,23)21-10-13-5-3-4-6-14(13)11-24-2/h3-9,21H,10-11H2,1-2H3. The molecule has 1 N–H and O–H groups in total. The zero-order chi connectivity index (χ0) is 18.7. The molecule has 136 valence electrons. The number of hydrogen-bond donors (Lipinski definition) is 1. The van der Waals surface area contributed by atoms with Crippen LogP contribution >= 0.6 is 0 Å². The fourth-order valence-electron chi connectivity index (χ4n) is 2.36. The van der Waals surface area contributed by atoms with Gasteiger partial charge in [0.15, 0.2) is 0 Å². The lowest BCUT2D eigenvalue weighted by atomic mass is 10.1. The van der Waals surface area contributed by atoms with E-state index in [0.717, 1.165) is 17.7 Å². The maximum atomic E-state index is 13.0. The molecule has 0 saturated carbocycles. The number of alkyl halides is 3. The minimum Gasteiger partial charge on any atom is -0.380 e. The monoisotopic (exact) mass is 373 g/mol. The summed E-state index contributed by atoms with van der Waals surface area (Å²) in [5.41, 5.74) is 0.496. The van der Waals surface area contributed by atoms with E-state index >= 15 is 0 Å². The van der Waals surface area contributed by atoms with Crippen LogP contribution in [0.15, 0.2) is 47.4 Å². The molecule has 25 heavy (non-hydrogen) atoms. The Morgan fingerprint density at radius 3 is 2.32 bits per heavy atom. The topological polar surface area (TPSA) is 55.4 Å². The van der Waals surface area contributed by atoms with Gasteiger partial charge in [0.2, 0.25) is 10.0 Å². The molecule has 0 saturated heterocycles. The molecule has 0 aliphatic rings. The predicted molar refractivity (Wildman–Crippen MR) is 87.4 cm³/mol. The van der Waals surface area contributed by atoms with Gasteiger partial charge in [0.05, 0.1) is 17.1 Å². The normalized spacial score (nSPS) is 12.4. The number of halogens is 3. The number of nitrogens with one attached hydrogen (secondary N) is 1. The summed E-state index contributed by atoms with van der Waals surface area (Å²) in [4.78, 5) is -0.422. The van der Waals surface area contributed by atoms with Gasteiger partial charge in [-0.05, 0) is 35.7 Å². The van der Waals surface area contributed by atoms with Crippen LogP contribution in [0, 0.1) is 6.92 Å². The van der Waals surface area contributed by atoms with Gasteiger partial charge in [0.25, 0.3) is 0 Å². The maximum Gasteiger partial charge on any atom is 0.416 e. The zero-order valence-corrected chi connectivity index (χ0v) is 14.5. The summed E-state index contributed by atoms with van der Waals surface area (Å²) < 4.78 is 71.0. The average Bonchev–Trinajstić information content (AvgIpc) is 2.53. The van der Waals surface area contributed by atoms with Crippen LogP contribution in [0.4, 0.5) is 13.2 Å². The Morgan fingerprint density at radius 1 is 1.08 bits per heavy atom. The van der Waals surface area contributed by atoms with Crippen molar-refractivity contribution in [3.05, 3.63) is 64.7 Å².